The van der Waals surface area contributed by atoms with Gasteiger partial charge >= 0.3 is 5.97 Å². The van der Waals surface area contributed by atoms with Crippen molar-refractivity contribution in [3.8, 4) is 0 Å². The summed E-state index contributed by atoms with van der Waals surface area (Å²) >= 11 is 0. The Hall–Kier alpha value is -0.870. The van der Waals surface area contributed by atoms with Gasteiger partial charge in [0, 0.05) is 18.9 Å². The monoisotopic (exact) mass is 473 g/mol. The fraction of sp³-hybridized carbons (Fsp3) is 0.900. The number of hydrogen-bond donors (Lipinski definition) is 1. The van der Waals surface area contributed by atoms with Crippen LogP contribution in [0.1, 0.15) is 113 Å². The zero-order chi connectivity index (χ0) is 24.9. The highest BCUT2D eigenvalue weighted by molar-refractivity contribution is 5.66. The van der Waals surface area contributed by atoms with Crippen LogP contribution in [0.4, 0.5) is 0 Å². The van der Waals surface area contributed by atoms with Crippen LogP contribution >= 0.6 is 0 Å². The maximum Gasteiger partial charge on any atom is 0.302 e. The topological polar surface area (TPSA) is 47.6 Å². The lowest BCUT2D eigenvalue weighted by atomic mass is 9.43. The van der Waals surface area contributed by atoms with Gasteiger partial charge in [0.05, 0.1) is 7.11 Å². The van der Waals surface area contributed by atoms with Crippen molar-refractivity contribution >= 4 is 5.97 Å². The maximum absolute atomic E-state index is 11.8. The van der Waals surface area contributed by atoms with Gasteiger partial charge in [-0.3, -0.25) is 4.79 Å². The van der Waals surface area contributed by atoms with Gasteiger partial charge in [-0.05, 0) is 98.2 Å². The van der Waals surface area contributed by atoms with Crippen molar-refractivity contribution in [1.29, 1.82) is 0 Å². The number of fused-ring (bicyclic) bond motifs is 4. The Morgan fingerprint density at radius 3 is 2.44 bits per heavy atom. The molecule has 4 aliphatic carbocycles. The Labute approximate surface area is 209 Å². The van der Waals surface area contributed by atoms with Crippen LogP contribution in [0.5, 0.6) is 0 Å². The molecule has 0 aliphatic heterocycles. The molecule has 0 bridgehead atoms. The lowest BCUT2D eigenvalue weighted by Gasteiger charge is -2.62. The van der Waals surface area contributed by atoms with Gasteiger partial charge in [0.1, 0.15) is 6.10 Å². The molecule has 0 unspecified atom stereocenters. The fourth-order valence-corrected chi connectivity index (χ4v) is 9.83. The molecule has 4 heteroatoms. The molecule has 0 heterocycles. The molecule has 2 saturated carbocycles. The lowest BCUT2D eigenvalue weighted by molar-refractivity contribution is -0.167. The van der Waals surface area contributed by atoms with Crippen molar-refractivity contribution in [2.24, 2.45) is 39.4 Å². The minimum atomic E-state index is -0.123. The number of rotatable bonds is 7. The van der Waals surface area contributed by atoms with Crippen molar-refractivity contribution in [1.82, 2.24) is 5.48 Å². The van der Waals surface area contributed by atoms with Crippen molar-refractivity contribution in [3.63, 3.8) is 0 Å². The molecule has 0 aromatic heterocycles. The normalized spacial score (nSPS) is 41.9. The van der Waals surface area contributed by atoms with Crippen LogP contribution in [0.2, 0.25) is 0 Å². The molecule has 7 atom stereocenters. The molecule has 0 saturated heterocycles. The van der Waals surface area contributed by atoms with Crippen molar-refractivity contribution in [2.75, 3.05) is 13.7 Å². The van der Waals surface area contributed by atoms with Crippen LogP contribution in [0, 0.1) is 39.4 Å². The molecular formula is C30H51NO3. The van der Waals surface area contributed by atoms with E-state index in [9.17, 15) is 4.79 Å². The summed E-state index contributed by atoms with van der Waals surface area (Å²) in [7, 11) is 1.71. The molecule has 1 N–H and O–H groups in total. The summed E-state index contributed by atoms with van der Waals surface area (Å²) in [6.07, 6.45) is 12.5. The molecule has 4 rings (SSSR count). The van der Waals surface area contributed by atoms with E-state index in [2.05, 4.69) is 47.0 Å². The predicted octanol–water partition coefficient (Wildman–Crippen LogP) is 7.23. The van der Waals surface area contributed by atoms with E-state index in [4.69, 9.17) is 9.57 Å². The number of ether oxygens (including phenoxy) is 1. The second kappa shape index (κ2) is 9.21. The minimum absolute atomic E-state index is 0.0296. The first-order valence-corrected chi connectivity index (χ1v) is 14.1. The number of allylic oxidation sites excluding steroid dienone is 2. The van der Waals surface area contributed by atoms with Crippen LogP contribution in [0.25, 0.3) is 0 Å². The molecule has 0 amide bonds. The molecule has 4 aliphatic rings. The molecule has 0 aromatic rings. The van der Waals surface area contributed by atoms with Gasteiger partial charge in [0.2, 0.25) is 0 Å². The Balaban J connectivity index is 1.60. The van der Waals surface area contributed by atoms with Gasteiger partial charge in [-0.2, -0.15) is 0 Å². The Bertz CT molecular complexity index is 818. The first kappa shape index (κ1) is 26.2. The Morgan fingerprint density at radius 2 is 1.76 bits per heavy atom. The van der Waals surface area contributed by atoms with Gasteiger partial charge in [0.25, 0.3) is 0 Å². The SMILES string of the molecule is CONCCC[C@@H](C)[C@H]1CC[C@@]2(C)C3=C(CC[C@]12C)[C@@]1(C)CC[C@H](OC(C)=O)C(C)(C)[C@@H]1CC3. The summed E-state index contributed by atoms with van der Waals surface area (Å²) < 4.78 is 5.86. The van der Waals surface area contributed by atoms with Gasteiger partial charge in [-0.25, -0.2) is 5.48 Å². The third-order valence-electron chi connectivity index (χ3n) is 11.8. The van der Waals surface area contributed by atoms with E-state index < -0.39 is 0 Å². The fourth-order valence-electron chi connectivity index (χ4n) is 9.83. The molecule has 0 spiro atoms. The molecule has 34 heavy (non-hydrogen) atoms. The summed E-state index contributed by atoms with van der Waals surface area (Å²) in [6, 6.07) is 0. The summed E-state index contributed by atoms with van der Waals surface area (Å²) in [5, 5.41) is 0. The van der Waals surface area contributed by atoms with Gasteiger partial charge in [-0.15, -0.1) is 0 Å². The van der Waals surface area contributed by atoms with Gasteiger partial charge < -0.3 is 9.57 Å². The lowest BCUT2D eigenvalue weighted by Crippen LogP contribution is -2.55. The Kier molecular flexibility index (Phi) is 7.10. The van der Waals surface area contributed by atoms with Crippen molar-refractivity contribution in [3.05, 3.63) is 11.1 Å². The summed E-state index contributed by atoms with van der Waals surface area (Å²) in [4.78, 5) is 16.9. The van der Waals surface area contributed by atoms with E-state index in [1.54, 1.807) is 14.0 Å². The average molecular weight is 474 g/mol. The first-order chi connectivity index (χ1) is 15.9. The zero-order valence-corrected chi connectivity index (χ0v) is 23.3. The highest BCUT2D eigenvalue weighted by atomic mass is 16.6. The predicted molar refractivity (Wildman–Crippen MR) is 138 cm³/mol. The van der Waals surface area contributed by atoms with E-state index in [0.717, 1.165) is 31.2 Å². The number of hydrogen-bond acceptors (Lipinski definition) is 4. The average Bonchev–Trinajstić information content (AvgIpc) is 3.04. The summed E-state index contributed by atoms with van der Waals surface area (Å²) in [6.45, 7) is 17.6. The number of esters is 1. The quantitative estimate of drug-likeness (QED) is 0.183. The highest BCUT2D eigenvalue weighted by Gasteiger charge is 2.63. The highest BCUT2D eigenvalue weighted by Crippen LogP contribution is 2.72. The number of carbonyl (C=O) groups excluding carboxylic acids is 1. The molecule has 0 aromatic carbocycles. The largest absolute Gasteiger partial charge is 0.462 e. The molecule has 2 fully saturated rings. The van der Waals surface area contributed by atoms with Crippen LogP contribution in [0.15, 0.2) is 11.1 Å². The second-order valence-electron chi connectivity index (χ2n) is 13.5. The molecule has 4 nitrogen and oxygen atoms in total. The van der Waals surface area contributed by atoms with Crippen LogP contribution < -0.4 is 5.48 Å². The van der Waals surface area contributed by atoms with E-state index in [-0.39, 0.29) is 22.9 Å². The van der Waals surface area contributed by atoms with Crippen LogP contribution in [-0.2, 0) is 14.4 Å². The number of hydroxylamine groups is 1. The summed E-state index contributed by atoms with van der Waals surface area (Å²) in [5.74, 6) is 2.05. The molecular weight excluding hydrogens is 422 g/mol. The first-order valence-electron chi connectivity index (χ1n) is 14.1. The number of nitrogens with one attached hydrogen (secondary N) is 1. The molecule has 194 valence electrons. The van der Waals surface area contributed by atoms with E-state index in [1.807, 2.05) is 11.1 Å². The van der Waals surface area contributed by atoms with E-state index in [1.165, 1.54) is 51.4 Å². The minimum Gasteiger partial charge on any atom is -0.462 e. The van der Waals surface area contributed by atoms with Gasteiger partial charge in [0.15, 0.2) is 0 Å². The third-order valence-corrected chi connectivity index (χ3v) is 11.8. The van der Waals surface area contributed by atoms with Crippen molar-refractivity contribution < 1.29 is 14.4 Å². The van der Waals surface area contributed by atoms with Gasteiger partial charge in [-0.1, -0.05) is 52.7 Å². The summed E-state index contributed by atoms with van der Waals surface area (Å²) in [5.41, 5.74) is 7.72. The van der Waals surface area contributed by atoms with Crippen LogP contribution in [-0.4, -0.2) is 25.7 Å². The standard InChI is InChI=1S/C30H51NO3/c1-20(10-9-19-31-33-8)22-13-17-30(7)24-11-12-25-27(3,4)26(34-21(2)32)15-16-28(25,5)23(24)14-18-29(22,30)6/h20,22,25-26,31H,9-19H2,1-8H3/t20-,22-,25+,26+,28-,29-,30+/m1/s1. The maximum atomic E-state index is 11.8. The van der Waals surface area contributed by atoms with E-state index >= 15 is 0 Å². The van der Waals surface area contributed by atoms with Crippen LogP contribution in [0.3, 0.4) is 0 Å². The third kappa shape index (κ3) is 3.90. The zero-order valence-electron chi connectivity index (χ0n) is 23.3. The number of carbonyl (C=O) groups is 1. The smallest absolute Gasteiger partial charge is 0.302 e. The molecule has 0 radical (unpaired) electrons. The van der Waals surface area contributed by atoms with E-state index in [0.29, 0.717) is 16.7 Å². The Morgan fingerprint density at radius 1 is 1.03 bits per heavy atom. The van der Waals surface area contributed by atoms with Crippen molar-refractivity contribution in [2.45, 2.75) is 119 Å². The second-order valence-corrected chi connectivity index (χ2v) is 13.5.